The normalized spacial score (nSPS) is 14.1. The zero-order valence-corrected chi connectivity index (χ0v) is 10.4. The second-order valence-electron chi connectivity index (χ2n) is 3.28. The summed E-state index contributed by atoms with van der Waals surface area (Å²) in [4.78, 5) is 0.950. The Labute approximate surface area is 94.0 Å². The summed E-state index contributed by atoms with van der Waals surface area (Å²) in [6, 6.07) is 3.33. The van der Waals surface area contributed by atoms with Crippen molar-refractivity contribution in [3.05, 3.63) is 17.0 Å². The molecule has 0 saturated heterocycles. The van der Waals surface area contributed by atoms with Crippen molar-refractivity contribution in [2.75, 3.05) is 6.54 Å². The van der Waals surface area contributed by atoms with E-state index in [2.05, 4.69) is 4.72 Å². The van der Waals surface area contributed by atoms with Gasteiger partial charge in [0.15, 0.2) is 0 Å². The molecule has 2 N–H and O–H groups in total. The lowest BCUT2D eigenvalue weighted by molar-refractivity contribution is 0.174. The number of nitrogens with one attached hydrogen (secondary N) is 1. The summed E-state index contributed by atoms with van der Waals surface area (Å²) in [5.41, 5.74) is 0. The van der Waals surface area contributed by atoms with Crippen molar-refractivity contribution in [2.45, 2.75) is 30.6 Å². The lowest BCUT2D eigenvalue weighted by Gasteiger charge is -2.08. The van der Waals surface area contributed by atoms with E-state index in [1.807, 2.05) is 6.92 Å². The Morgan fingerprint density at radius 1 is 1.53 bits per heavy atom. The highest BCUT2D eigenvalue weighted by molar-refractivity contribution is 7.91. The Hall–Kier alpha value is -0.430. The van der Waals surface area contributed by atoms with Crippen LogP contribution in [-0.4, -0.2) is 26.2 Å². The first-order chi connectivity index (χ1) is 6.95. The molecule has 4 nitrogen and oxygen atoms in total. The summed E-state index contributed by atoms with van der Waals surface area (Å²) < 4.78 is 26.0. The van der Waals surface area contributed by atoms with E-state index in [1.165, 1.54) is 11.3 Å². The van der Waals surface area contributed by atoms with Crippen molar-refractivity contribution in [1.82, 2.24) is 4.72 Å². The molecule has 1 atom stereocenters. The van der Waals surface area contributed by atoms with Gasteiger partial charge in [0.2, 0.25) is 10.0 Å². The highest BCUT2D eigenvalue weighted by Crippen LogP contribution is 2.20. The molecule has 0 aliphatic heterocycles. The number of sulfonamides is 1. The summed E-state index contributed by atoms with van der Waals surface area (Å²) in [6.07, 6.45) is -0.0905. The molecule has 15 heavy (non-hydrogen) atoms. The fourth-order valence-corrected chi connectivity index (χ4v) is 3.38. The zero-order chi connectivity index (χ0) is 11.5. The molecule has 1 heterocycles. The highest BCUT2D eigenvalue weighted by Gasteiger charge is 2.16. The molecular weight excluding hydrogens is 234 g/mol. The third-order valence-corrected chi connectivity index (χ3v) is 4.88. The lowest BCUT2D eigenvalue weighted by Crippen LogP contribution is -2.31. The van der Waals surface area contributed by atoms with Crippen LogP contribution in [-0.2, 0) is 10.0 Å². The van der Waals surface area contributed by atoms with Crippen molar-refractivity contribution in [3.63, 3.8) is 0 Å². The molecule has 0 aliphatic carbocycles. The van der Waals surface area contributed by atoms with Gasteiger partial charge in [-0.3, -0.25) is 0 Å². The van der Waals surface area contributed by atoms with Crippen LogP contribution in [0.5, 0.6) is 0 Å². The predicted molar refractivity (Wildman–Crippen MR) is 60.5 cm³/mol. The molecule has 0 amide bonds. The van der Waals surface area contributed by atoms with Crippen molar-refractivity contribution >= 4 is 21.4 Å². The van der Waals surface area contributed by atoms with Crippen LogP contribution in [0.4, 0.5) is 0 Å². The maximum atomic E-state index is 11.7. The number of aliphatic hydroxyl groups excluding tert-OH is 1. The van der Waals surface area contributed by atoms with Crippen LogP contribution in [0.2, 0.25) is 0 Å². The lowest BCUT2D eigenvalue weighted by atomic mass is 10.3. The standard InChI is InChI=1S/C9H15NO3S2/c1-3-8(11)6-10-15(12,13)9-5-4-7(2)14-9/h4-5,8,10-11H,3,6H2,1-2H3. The van der Waals surface area contributed by atoms with E-state index in [4.69, 9.17) is 0 Å². The van der Waals surface area contributed by atoms with Gasteiger partial charge in [0.1, 0.15) is 4.21 Å². The van der Waals surface area contributed by atoms with E-state index < -0.39 is 16.1 Å². The quantitative estimate of drug-likeness (QED) is 0.821. The molecule has 86 valence electrons. The molecule has 0 aliphatic rings. The molecule has 0 saturated carbocycles. The molecule has 0 spiro atoms. The average molecular weight is 249 g/mol. The summed E-state index contributed by atoms with van der Waals surface area (Å²) in [7, 11) is -3.44. The van der Waals surface area contributed by atoms with Gasteiger partial charge < -0.3 is 5.11 Å². The van der Waals surface area contributed by atoms with E-state index in [9.17, 15) is 13.5 Å². The number of rotatable bonds is 5. The molecule has 0 bridgehead atoms. The van der Waals surface area contributed by atoms with Gasteiger partial charge in [-0.1, -0.05) is 6.92 Å². The van der Waals surface area contributed by atoms with Gasteiger partial charge in [-0.25, -0.2) is 13.1 Å². The third kappa shape index (κ3) is 3.57. The second-order valence-corrected chi connectivity index (χ2v) is 6.56. The molecule has 1 unspecified atom stereocenters. The summed E-state index contributed by atoms with van der Waals surface area (Å²) >= 11 is 1.22. The van der Waals surface area contributed by atoms with Crippen LogP contribution >= 0.6 is 11.3 Å². The van der Waals surface area contributed by atoms with Crippen molar-refractivity contribution < 1.29 is 13.5 Å². The van der Waals surface area contributed by atoms with Gasteiger partial charge in [0.05, 0.1) is 6.10 Å². The Bertz CT molecular complexity index is 411. The first kappa shape index (κ1) is 12.6. The van der Waals surface area contributed by atoms with Crippen molar-refractivity contribution in [2.24, 2.45) is 0 Å². The number of hydrogen-bond acceptors (Lipinski definition) is 4. The molecule has 1 aromatic heterocycles. The van der Waals surface area contributed by atoms with Crippen LogP contribution in [0.15, 0.2) is 16.3 Å². The monoisotopic (exact) mass is 249 g/mol. The molecule has 1 aromatic rings. The molecule has 0 aromatic carbocycles. The Kier molecular flexibility index (Phi) is 4.27. The van der Waals surface area contributed by atoms with Crippen LogP contribution < -0.4 is 4.72 Å². The fourth-order valence-electron chi connectivity index (χ4n) is 0.978. The van der Waals surface area contributed by atoms with E-state index in [0.29, 0.717) is 10.6 Å². The SMILES string of the molecule is CCC(O)CNS(=O)(=O)c1ccc(C)s1. The maximum absolute atomic E-state index is 11.7. The topological polar surface area (TPSA) is 66.4 Å². The van der Waals surface area contributed by atoms with Crippen molar-refractivity contribution in [1.29, 1.82) is 0 Å². The third-order valence-electron chi connectivity index (χ3n) is 1.96. The first-order valence-electron chi connectivity index (χ1n) is 4.70. The first-order valence-corrected chi connectivity index (χ1v) is 7.00. The van der Waals surface area contributed by atoms with E-state index >= 15 is 0 Å². The van der Waals surface area contributed by atoms with Crippen LogP contribution in [0, 0.1) is 6.92 Å². The van der Waals surface area contributed by atoms with Crippen LogP contribution in [0.25, 0.3) is 0 Å². The molecule has 6 heteroatoms. The number of hydrogen-bond donors (Lipinski definition) is 2. The minimum absolute atomic E-state index is 0.0653. The smallest absolute Gasteiger partial charge is 0.250 e. The van der Waals surface area contributed by atoms with Gasteiger partial charge in [-0.05, 0) is 25.5 Å². The number of thiophene rings is 1. The molecular formula is C9H15NO3S2. The predicted octanol–water partition coefficient (Wildman–Crippen LogP) is 1.11. The minimum atomic E-state index is -3.44. The summed E-state index contributed by atoms with van der Waals surface area (Å²) in [6.45, 7) is 3.72. The molecule has 1 rings (SSSR count). The Morgan fingerprint density at radius 3 is 2.67 bits per heavy atom. The van der Waals surface area contributed by atoms with Crippen molar-refractivity contribution in [3.8, 4) is 0 Å². The minimum Gasteiger partial charge on any atom is -0.392 e. The number of aliphatic hydroxyl groups is 1. The Morgan fingerprint density at radius 2 is 2.20 bits per heavy atom. The van der Waals surface area contributed by atoms with E-state index in [-0.39, 0.29) is 6.54 Å². The molecule has 0 fully saturated rings. The highest BCUT2D eigenvalue weighted by atomic mass is 32.2. The maximum Gasteiger partial charge on any atom is 0.250 e. The van der Waals surface area contributed by atoms with Gasteiger partial charge in [0.25, 0.3) is 0 Å². The zero-order valence-electron chi connectivity index (χ0n) is 8.73. The number of aryl methyl sites for hydroxylation is 1. The van der Waals surface area contributed by atoms with E-state index in [0.717, 1.165) is 4.88 Å². The van der Waals surface area contributed by atoms with Gasteiger partial charge in [-0.15, -0.1) is 11.3 Å². The fraction of sp³-hybridized carbons (Fsp3) is 0.556. The Balaban J connectivity index is 2.68. The van der Waals surface area contributed by atoms with Gasteiger partial charge >= 0.3 is 0 Å². The van der Waals surface area contributed by atoms with E-state index in [1.54, 1.807) is 19.1 Å². The summed E-state index contributed by atoms with van der Waals surface area (Å²) in [5, 5.41) is 9.25. The van der Waals surface area contributed by atoms with Crippen LogP contribution in [0.3, 0.4) is 0 Å². The average Bonchev–Trinajstić information content (AvgIpc) is 2.62. The molecule has 0 radical (unpaired) electrons. The van der Waals surface area contributed by atoms with Gasteiger partial charge in [-0.2, -0.15) is 0 Å². The summed E-state index contributed by atoms with van der Waals surface area (Å²) in [5.74, 6) is 0. The largest absolute Gasteiger partial charge is 0.392 e. The second kappa shape index (κ2) is 5.07. The van der Waals surface area contributed by atoms with Gasteiger partial charge in [0, 0.05) is 11.4 Å². The van der Waals surface area contributed by atoms with Crippen LogP contribution in [0.1, 0.15) is 18.2 Å².